The molecule has 1 aromatic rings. The Hall–Kier alpha value is -1.35. The van der Waals surface area contributed by atoms with Crippen LogP contribution >= 0.6 is 0 Å². The zero-order valence-electron chi connectivity index (χ0n) is 12.9. The molecule has 2 rings (SSSR count). The van der Waals surface area contributed by atoms with Crippen molar-refractivity contribution in [2.24, 2.45) is 0 Å². The molecule has 1 fully saturated rings. The summed E-state index contributed by atoms with van der Waals surface area (Å²) in [6, 6.07) is 8.67. The van der Waals surface area contributed by atoms with E-state index in [1.807, 2.05) is 25.1 Å². The van der Waals surface area contributed by atoms with Crippen molar-refractivity contribution in [3.05, 3.63) is 29.8 Å². The van der Waals surface area contributed by atoms with Crippen LogP contribution in [-0.4, -0.2) is 42.9 Å². The van der Waals surface area contributed by atoms with Gasteiger partial charge in [0.2, 0.25) is 0 Å². The Balaban J connectivity index is 2.16. The van der Waals surface area contributed by atoms with Crippen molar-refractivity contribution in [2.45, 2.75) is 39.7 Å². The average molecular weight is 274 g/mol. The number of benzene rings is 1. The molecule has 0 aromatic heterocycles. The maximum atomic E-state index is 12.1. The molecule has 110 valence electrons. The van der Waals surface area contributed by atoms with Crippen LogP contribution in [-0.2, 0) is 0 Å². The molecule has 1 aromatic carbocycles. The lowest BCUT2D eigenvalue weighted by molar-refractivity contribution is 0.0988. The summed E-state index contributed by atoms with van der Waals surface area (Å²) in [4.78, 5) is 17.0. The van der Waals surface area contributed by atoms with E-state index in [-0.39, 0.29) is 5.78 Å². The van der Waals surface area contributed by atoms with Gasteiger partial charge in [-0.1, -0.05) is 32.9 Å². The van der Waals surface area contributed by atoms with Crippen molar-refractivity contribution in [1.82, 2.24) is 4.90 Å². The third kappa shape index (κ3) is 3.04. The Morgan fingerprint density at radius 3 is 2.60 bits per heavy atom. The smallest absolute Gasteiger partial charge is 0.164 e. The molecule has 0 spiro atoms. The molecule has 0 aliphatic carbocycles. The highest BCUT2D eigenvalue weighted by Gasteiger charge is 2.27. The Kier molecular flexibility index (Phi) is 5.18. The number of hydrogen-bond acceptors (Lipinski definition) is 3. The summed E-state index contributed by atoms with van der Waals surface area (Å²) in [5.41, 5.74) is 2.00. The molecule has 1 atom stereocenters. The van der Waals surface area contributed by atoms with E-state index in [0.717, 1.165) is 37.4 Å². The van der Waals surface area contributed by atoms with Crippen LogP contribution in [0.3, 0.4) is 0 Å². The lowest BCUT2D eigenvalue weighted by Crippen LogP contribution is -2.37. The molecule has 0 N–H and O–H groups in total. The van der Waals surface area contributed by atoms with Gasteiger partial charge in [-0.2, -0.15) is 0 Å². The second kappa shape index (κ2) is 6.89. The molecule has 0 radical (unpaired) electrons. The molecular weight excluding hydrogens is 248 g/mol. The molecule has 1 unspecified atom stereocenters. The van der Waals surface area contributed by atoms with Crippen molar-refractivity contribution in [2.75, 3.05) is 31.1 Å². The van der Waals surface area contributed by atoms with Crippen LogP contribution in [0.2, 0.25) is 0 Å². The van der Waals surface area contributed by atoms with E-state index in [1.54, 1.807) is 0 Å². The van der Waals surface area contributed by atoms with Gasteiger partial charge in [0.25, 0.3) is 0 Å². The van der Waals surface area contributed by atoms with E-state index in [0.29, 0.717) is 12.5 Å². The number of para-hydroxylation sites is 1. The van der Waals surface area contributed by atoms with Crippen LogP contribution in [0.15, 0.2) is 24.3 Å². The van der Waals surface area contributed by atoms with Crippen molar-refractivity contribution in [3.63, 3.8) is 0 Å². The van der Waals surface area contributed by atoms with Gasteiger partial charge in [-0.3, -0.25) is 9.69 Å². The summed E-state index contributed by atoms with van der Waals surface area (Å²) in [6.45, 7) is 10.7. The van der Waals surface area contributed by atoms with Crippen LogP contribution in [0.25, 0.3) is 0 Å². The predicted molar refractivity (Wildman–Crippen MR) is 84.6 cm³/mol. The van der Waals surface area contributed by atoms with E-state index in [1.165, 1.54) is 6.42 Å². The van der Waals surface area contributed by atoms with Gasteiger partial charge in [-0.05, 0) is 31.6 Å². The fourth-order valence-corrected chi connectivity index (χ4v) is 3.17. The van der Waals surface area contributed by atoms with Crippen molar-refractivity contribution < 1.29 is 4.79 Å². The quantitative estimate of drug-likeness (QED) is 0.744. The van der Waals surface area contributed by atoms with Gasteiger partial charge >= 0.3 is 0 Å². The van der Waals surface area contributed by atoms with Gasteiger partial charge in [0.15, 0.2) is 5.78 Å². The number of carbonyl (C=O) groups is 1. The number of nitrogens with zero attached hydrogens (tertiary/aromatic N) is 2. The Labute approximate surface area is 122 Å². The minimum atomic E-state index is 0.242. The van der Waals surface area contributed by atoms with Gasteiger partial charge in [-0.25, -0.2) is 0 Å². The number of rotatable bonds is 6. The molecule has 3 nitrogen and oxygen atoms in total. The highest BCUT2D eigenvalue weighted by Crippen LogP contribution is 2.27. The third-order valence-electron chi connectivity index (χ3n) is 4.36. The van der Waals surface area contributed by atoms with Gasteiger partial charge < -0.3 is 4.90 Å². The van der Waals surface area contributed by atoms with E-state index in [2.05, 4.69) is 29.7 Å². The monoisotopic (exact) mass is 274 g/mol. The summed E-state index contributed by atoms with van der Waals surface area (Å²) in [7, 11) is 0. The van der Waals surface area contributed by atoms with E-state index >= 15 is 0 Å². The van der Waals surface area contributed by atoms with Crippen LogP contribution in [0.1, 0.15) is 44.0 Å². The van der Waals surface area contributed by atoms with Crippen molar-refractivity contribution in [3.8, 4) is 0 Å². The number of hydrogen-bond donors (Lipinski definition) is 0. The average Bonchev–Trinajstić information content (AvgIpc) is 2.97. The lowest BCUT2D eigenvalue weighted by atomic mass is 10.1. The first-order valence-electron chi connectivity index (χ1n) is 7.82. The predicted octanol–water partition coefficient (Wildman–Crippen LogP) is 3.20. The maximum absolute atomic E-state index is 12.1. The van der Waals surface area contributed by atoms with Gasteiger partial charge in [-0.15, -0.1) is 0 Å². The summed E-state index contributed by atoms with van der Waals surface area (Å²) in [5.74, 6) is 0.242. The van der Waals surface area contributed by atoms with Crippen LogP contribution < -0.4 is 4.90 Å². The molecule has 20 heavy (non-hydrogen) atoms. The van der Waals surface area contributed by atoms with Gasteiger partial charge in [0, 0.05) is 36.8 Å². The van der Waals surface area contributed by atoms with Gasteiger partial charge in [0.1, 0.15) is 0 Å². The highest BCUT2D eigenvalue weighted by molar-refractivity contribution is 6.01. The second-order valence-electron chi connectivity index (χ2n) is 5.40. The van der Waals surface area contributed by atoms with Crippen molar-refractivity contribution >= 4 is 11.5 Å². The topological polar surface area (TPSA) is 23.6 Å². The molecule has 0 amide bonds. The Bertz CT molecular complexity index is 454. The van der Waals surface area contributed by atoms with E-state index in [4.69, 9.17) is 0 Å². The number of ketones is 1. The second-order valence-corrected chi connectivity index (χ2v) is 5.40. The first kappa shape index (κ1) is 15.0. The maximum Gasteiger partial charge on any atom is 0.164 e. The van der Waals surface area contributed by atoms with Crippen LogP contribution in [0.5, 0.6) is 0 Å². The minimum absolute atomic E-state index is 0.242. The molecule has 1 aliphatic heterocycles. The molecular formula is C17H26N2O. The molecule has 3 heteroatoms. The van der Waals surface area contributed by atoms with E-state index in [9.17, 15) is 4.79 Å². The van der Waals surface area contributed by atoms with Crippen LogP contribution in [0.4, 0.5) is 5.69 Å². The number of likely N-dealkylation sites (N-methyl/N-ethyl adjacent to an activating group) is 1. The first-order chi connectivity index (χ1) is 9.71. The number of Topliss-reactive ketones (excluding diaryl/α,β-unsaturated/α-hetero) is 1. The lowest BCUT2D eigenvalue weighted by Gasteiger charge is -2.27. The number of anilines is 1. The standard InChI is InChI=1S/C17H26N2O/c1-4-17(20)15-9-7-8-10-16(15)19-12-11-14(13-19)18(5-2)6-3/h7-10,14H,4-6,11-13H2,1-3H3. The molecule has 0 saturated carbocycles. The first-order valence-corrected chi connectivity index (χ1v) is 7.82. The molecule has 1 aliphatic rings. The Morgan fingerprint density at radius 1 is 1.25 bits per heavy atom. The van der Waals surface area contributed by atoms with E-state index < -0.39 is 0 Å². The molecule has 1 saturated heterocycles. The summed E-state index contributed by atoms with van der Waals surface area (Å²) in [6.07, 6.45) is 1.76. The van der Waals surface area contributed by atoms with Gasteiger partial charge in [0.05, 0.1) is 0 Å². The van der Waals surface area contributed by atoms with Crippen molar-refractivity contribution in [1.29, 1.82) is 0 Å². The Morgan fingerprint density at radius 2 is 1.95 bits per heavy atom. The summed E-state index contributed by atoms with van der Waals surface area (Å²) in [5, 5.41) is 0. The zero-order valence-corrected chi connectivity index (χ0v) is 12.9. The normalized spacial score (nSPS) is 18.8. The highest BCUT2D eigenvalue weighted by atomic mass is 16.1. The minimum Gasteiger partial charge on any atom is -0.369 e. The number of carbonyl (C=O) groups excluding carboxylic acids is 1. The molecule has 1 heterocycles. The fourth-order valence-electron chi connectivity index (χ4n) is 3.17. The van der Waals surface area contributed by atoms with Crippen LogP contribution in [0, 0.1) is 0 Å². The fraction of sp³-hybridized carbons (Fsp3) is 0.588. The summed E-state index contributed by atoms with van der Waals surface area (Å²) < 4.78 is 0. The third-order valence-corrected chi connectivity index (χ3v) is 4.36. The summed E-state index contributed by atoms with van der Waals surface area (Å²) >= 11 is 0. The SMILES string of the molecule is CCC(=O)c1ccccc1N1CCC(N(CC)CC)C1. The zero-order chi connectivity index (χ0) is 14.5. The largest absolute Gasteiger partial charge is 0.369 e. The molecule has 0 bridgehead atoms.